The van der Waals surface area contributed by atoms with Crippen molar-refractivity contribution in [1.82, 2.24) is 4.31 Å². The van der Waals surface area contributed by atoms with Crippen LogP contribution in [0.25, 0.3) is 0 Å². The predicted molar refractivity (Wildman–Crippen MR) is 70.0 cm³/mol. The van der Waals surface area contributed by atoms with Gasteiger partial charge in [0.25, 0.3) is 0 Å². The highest BCUT2D eigenvalue weighted by atomic mass is 32.2. The number of aromatic carboxylic acids is 1. The molecule has 0 aliphatic heterocycles. The normalized spacial score (nSPS) is 11.9. The van der Waals surface area contributed by atoms with E-state index in [1.807, 2.05) is 0 Å². The van der Waals surface area contributed by atoms with E-state index in [0.717, 1.165) is 6.07 Å². The van der Waals surface area contributed by atoms with E-state index >= 15 is 0 Å². The first kappa shape index (κ1) is 15.5. The van der Waals surface area contributed by atoms with E-state index in [1.54, 1.807) is 13.8 Å². The number of methoxy groups -OCH3 is 1. The van der Waals surface area contributed by atoms with Crippen molar-refractivity contribution in [3.05, 3.63) is 23.8 Å². The summed E-state index contributed by atoms with van der Waals surface area (Å²) in [6, 6.07) is 3.56. The number of benzene rings is 1. The zero-order valence-corrected chi connectivity index (χ0v) is 12.1. The monoisotopic (exact) mass is 287 g/mol. The molecule has 0 bridgehead atoms. The summed E-state index contributed by atoms with van der Waals surface area (Å²) in [6.07, 6.45) is 0. The first-order valence-electron chi connectivity index (χ1n) is 5.61. The maximum Gasteiger partial charge on any atom is 0.339 e. The summed E-state index contributed by atoms with van der Waals surface area (Å²) < 4.78 is 30.6. The van der Waals surface area contributed by atoms with Gasteiger partial charge in [-0.3, -0.25) is 0 Å². The Morgan fingerprint density at radius 1 is 1.37 bits per heavy atom. The van der Waals surface area contributed by atoms with Gasteiger partial charge in [-0.1, -0.05) is 0 Å². The molecular formula is C12H17NO5S. The van der Waals surface area contributed by atoms with Gasteiger partial charge < -0.3 is 9.84 Å². The molecule has 1 aromatic rings. The smallest absolute Gasteiger partial charge is 0.339 e. The fraction of sp³-hybridized carbons (Fsp3) is 0.417. The molecule has 106 valence electrons. The van der Waals surface area contributed by atoms with Crippen molar-refractivity contribution in [2.45, 2.75) is 24.8 Å². The van der Waals surface area contributed by atoms with Crippen molar-refractivity contribution in [2.75, 3.05) is 14.2 Å². The van der Waals surface area contributed by atoms with Crippen LogP contribution in [-0.4, -0.2) is 44.0 Å². The molecule has 0 aliphatic rings. The van der Waals surface area contributed by atoms with Gasteiger partial charge in [0, 0.05) is 13.1 Å². The minimum absolute atomic E-state index is 0.0677. The number of carboxylic acid groups (broad SMARTS) is 1. The van der Waals surface area contributed by atoms with Crippen LogP contribution in [0.4, 0.5) is 0 Å². The third-order valence-electron chi connectivity index (χ3n) is 2.81. The largest absolute Gasteiger partial charge is 0.496 e. The Morgan fingerprint density at radius 3 is 2.37 bits per heavy atom. The summed E-state index contributed by atoms with van der Waals surface area (Å²) in [5, 5.41) is 9.05. The highest BCUT2D eigenvalue weighted by molar-refractivity contribution is 7.89. The van der Waals surface area contributed by atoms with Crippen molar-refractivity contribution in [3.8, 4) is 5.75 Å². The molecule has 0 saturated heterocycles. The SMILES string of the molecule is COc1ccc(S(=O)(=O)N(C)C(C)C)cc1C(=O)O. The van der Waals surface area contributed by atoms with Crippen molar-refractivity contribution in [2.24, 2.45) is 0 Å². The van der Waals surface area contributed by atoms with E-state index in [0.29, 0.717) is 0 Å². The lowest BCUT2D eigenvalue weighted by Gasteiger charge is -2.21. The second kappa shape index (κ2) is 5.58. The molecule has 1 aromatic carbocycles. The number of carboxylic acids is 1. The van der Waals surface area contributed by atoms with Crippen LogP contribution >= 0.6 is 0 Å². The first-order chi connectivity index (χ1) is 8.71. The summed E-state index contributed by atoms with van der Waals surface area (Å²) in [5.74, 6) is -1.11. The van der Waals surface area contributed by atoms with Crippen LogP contribution in [0.15, 0.2) is 23.1 Å². The van der Waals surface area contributed by atoms with E-state index in [-0.39, 0.29) is 22.3 Å². The number of rotatable bonds is 5. The standard InChI is InChI=1S/C12H17NO5S/c1-8(2)13(3)19(16,17)9-5-6-11(18-4)10(7-9)12(14)15/h5-8H,1-4H3,(H,14,15). The lowest BCUT2D eigenvalue weighted by atomic mass is 10.2. The van der Waals surface area contributed by atoms with Gasteiger partial charge >= 0.3 is 5.97 Å². The van der Waals surface area contributed by atoms with Gasteiger partial charge in [-0.05, 0) is 32.0 Å². The van der Waals surface area contributed by atoms with Crippen LogP contribution in [0.2, 0.25) is 0 Å². The van der Waals surface area contributed by atoms with Crippen LogP contribution in [0.5, 0.6) is 5.75 Å². The van der Waals surface area contributed by atoms with Crippen LogP contribution in [0.3, 0.4) is 0 Å². The lowest BCUT2D eigenvalue weighted by molar-refractivity contribution is 0.0693. The fourth-order valence-corrected chi connectivity index (χ4v) is 2.85. The second-order valence-electron chi connectivity index (χ2n) is 4.28. The Balaban J connectivity index is 3.38. The summed E-state index contributed by atoms with van der Waals surface area (Å²) in [5.41, 5.74) is -0.180. The Labute approximate surface area is 112 Å². The van der Waals surface area contributed by atoms with E-state index in [9.17, 15) is 13.2 Å². The summed E-state index contributed by atoms with van der Waals surface area (Å²) >= 11 is 0. The van der Waals surface area contributed by atoms with Gasteiger partial charge in [0.1, 0.15) is 11.3 Å². The van der Waals surface area contributed by atoms with Crippen LogP contribution < -0.4 is 4.74 Å². The van der Waals surface area contributed by atoms with Gasteiger partial charge in [0.2, 0.25) is 10.0 Å². The number of ether oxygens (including phenoxy) is 1. The lowest BCUT2D eigenvalue weighted by Crippen LogP contribution is -2.33. The van der Waals surface area contributed by atoms with Crippen molar-refractivity contribution in [1.29, 1.82) is 0 Å². The highest BCUT2D eigenvalue weighted by Gasteiger charge is 2.25. The molecular weight excluding hydrogens is 270 g/mol. The first-order valence-corrected chi connectivity index (χ1v) is 7.05. The topological polar surface area (TPSA) is 83.9 Å². The molecule has 0 aliphatic carbocycles. The molecule has 7 heteroatoms. The fourth-order valence-electron chi connectivity index (χ4n) is 1.46. The average molecular weight is 287 g/mol. The van der Waals surface area contributed by atoms with Gasteiger partial charge in [0.15, 0.2) is 0 Å². The van der Waals surface area contributed by atoms with E-state index in [2.05, 4.69) is 0 Å². The summed E-state index contributed by atoms with van der Waals surface area (Å²) in [4.78, 5) is 11.0. The van der Waals surface area contributed by atoms with Gasteiger partial charge in [-0.15, -0.1) is 0 Å². The van der Waals surface area contributed by atoms with Gasteiger partial charge in [-0.25, -0.2) is 13.2 Å². The average Bonchev–Trinajstić information content (AvgIpc) is 2.36. The molecule has 0 unspecified atom stereocenters. The molecule has 1 rings (SSSR count). The maximum absolute atomic E-state index is 12.2. The minimum atomic E-state index is -3.70. The highest BCUT2D eigenvalue weighted by Crippen LogP contribution is 2.24. The van der Waals surface area contributed by atoms with E-state index in [1.165, 1.54) is 30.6 Å². The van der Waals surface area contributed by atoms with E-state index < -0.39 is 16.0 Å². The van der Waals surface area contributed by atoms with Crippen LogP contribution in [0.1, 0.15) is 24.2 Å². The molecule has 0 saturated carbocycles. The van der Waals surface area contributed by atoms with Crippen molar-refractivity contribution < 1.29 is 23.1 Å². The Hall–Kier alpha value is -1.60. The molecule has 1 N–H and O–H groups in total. The molecule has 0 radical (unpaired) electrons. The second-order valence-corrected chi connectivity index (χ2v) is 6.28. The molecule has 19 heavy (non-hydrogen) atoms. The number of sulfonamides is 1. The summed E-state index contributed by atoms with van der Waals surface area (Å²) in [6.45, 7) is 3.47. The predicted octanol–water partition coefficient (Wildman–Crippen LogP) is 1.42. The number of carbonyl (C=O) groups is 1. The van der Waals surface area contributed by atoms with Gasteiger partial charge in [0.05, 0.1) is 12.0 Å². The summed E-state index contributed by atoms with van der Waals surface area (Å²) in [7, 11) is -0.926. The van der Waals surface area contributed by atoms with E-state index in [4.69, 9.17) is 9.84 Å². The zero-order chi connectivity index (χ0) is 14.8. The third kappa shape index (κ3) is 3.05. The van der Waals surface area contributed by atoms with Crippen molar-refractivity contribution >= 4 is 16.0 Å². The van der Waals surface area contributed by atoms with Crippen LogP contribution in [-0.2, 0) is 10.0 Å². The molecule has 0 spiro atoms. The molecule has 6 nitrogen and oxygen atoms in total. The van der Waals surface area contributed by atoms with Crippen LogP contribution in [0, 0.1) is 0 Å². The minimum Gasteiger partial charge on any atom is -0.496 e. The maximum atomic E-state index is 12.2. The molecule has 0 fully saturated rings. The Bertz CT molecular complexity index is 580. The molecule has 0 amide bonds. The molecule has 0 heterocycles. The quantitative estimate of drug-likeness (QED) is 0.885. The number of hydrogen-bond acceptors (Lipinski definition) is 4. The van der Waals surface area contributed by atoms with Gasteiger partial charge in [-0.2, -0.15) is 4.31 Å². The number of hydrogen-bond donors (Lipinski definition) is 1. The molecule has 0 atom stereocenters. The number of nitrogens with zero attached hydrogens (tertiary/aromatic N) is 1. The van der Waals surface area contributed by atoms with Crippen molar-refractivity contribution in [3.63, 3.8) is 0 Å². The Morgan fingerprint density at radius 2 is 1.95 bits per heavy atom. The third-order valence-corrected chi connectivity index (χ3v) is 4.84. The zero-order valence-electron chi connectivity index (χ0n) is 11.2. The Kier molecular flexibility index (Phi) is 4.54. The molecule has 0 aromatic heterocycles.